The van der Waals surface area contributed by atoms with E-state index in [2.05, 4.69) is 26.1 Å². The van der Waals surface area contributed by atoms with Gasteiger partial charge in [0.25, 0.3) is 0 Å². The molecule has 0 aromatic carbocycles. The predicted octanol–water partition coefficient (Wildman–Crippen LogP) is 2.03. The molecular formula is C9H19N. The number of hydrogen-bond donors (Lipinski definition) is 1. The van der Waals surface area contributed by atoms with Crippen molar-refractivity contribution in [1.29, 1.82) is 0 Å². The van der Waals surface area contributed by atoms with E-state index in [-0.39, 0.29) is 0 Å². The summed E-state index contributed by atoms with van der Waals surface area (Å²) in [5, 5.41) is 3.47. The van der Waals surface area contributed by atoms with Crippen molar-refractivity contribution in [2.75, 3.05) is 6.54 Å². The maximum absolute atomic E-state index is 3.47. The molecule has 1 heteroatoms. The molecule has 1 saturated carbocycles. The summed E-state index contributed by atoms with van der Waals surface area (Å²) in [6.07, 6.45) is 2.95. The van der Waals surface area contributed by atoms with Crippen molar-refractivity contribution in [2.24, 2.45) is 11.8 Å². The summed E-state index contributed by atoms with van der Waals surface area (Å²) < 4.78 is 0. The van der Waals surface area contributed by atoms with E-state index in [4.69, 9.17) is 0 Å². The van der Waals surface area contributed by atoms with E-state index >= 15 is 0 Å². The molecule has 1 aliphatic carbocycles. The highest BCUT2D eigenvalue weighted by atomic mass is 14.9. The second kappa shape index (κ2) is 3.38. The first-order chi connectivity index (χ1) is 4.70. The van der Waals surface area contributed by atoms with Gasteiger partial charge in [-0.15, -0.1) is 0 Å². The van der Waals surface area contributed by atoms with Crippen LogP contribution in [0, 0.1) is 11.8 Å². The van der Waals surface area contributed by atoms with Crippen LogP contribution in [0.4, 0.5) is 0 Å². The fraction of sp³-hybridized carbons (Fsp3) is 1.00. The monoisotopic (exact) mass is 141 g/mol. The zero-order valence-electron chi connectivity index (χ0n) is 7.35. The van der Waals surface area contributed by atoms with Gasteiger partial charge in [0, 0.05) is 6.04 Å². The predicted molar refractivity (Wildman–Crippen MR) is 45.0 cm³/mol. The molecule has 1 N–H and O–H groups in total. The van der Waals surface area contributed by atoms with Crippen LogP contribution in [0.15, 0.2) is 0 Å². The highest BCUT2D eigenvalue weighted by molar-refractivity contribution is 4.79. The Hall–Kier alpha value is -0.0400. The maximum atomic E-state index is 3.47. The molecule has 0 aromatic heterocycles. The van der Waals surface area contributed by atoms with Crippen LogP contribution in [0.25, 0.3) is 0 Å². The summed E-state index contributed by atoms with van der Waals surface area (Å²) in [4.78, 5) is 0. The van der Waals surface area contributed by atoms with Crippen LogP contribution in [0.5, 0.6) is 0 Å². The normalized spacial score (nSPS) is 21.6. The van der Waals surface area contributed by atoms with Crippen molar-refractivity contribution in [2.45, 2.75) is 39.7 Å². The van der Waals surface area contributed by atoms with Crippen molar-refractivity contribution in [3.05, 3.63) is 0 Å². The molecule has 0 spiro atoms. The molecule has 0 heterocycles. The minimum Gasteiger partial charge on any atom is -0.314 e. The van der Waals surface area contributed by atoms with Gasteiger partial charge in [-0.05, 0) is 31.2 Å². The lowest BCUT2D eigenvalue weighted by Crippen LogP contribution is -2.28. The van der Waals surface area contributed by atoms with Gasteiger partial charge in [-0.1, -0.05) is 20.8 Å². The summed E-state index contributed by atoms with van der Waals surface area (Å²) in [5.41, 5.74) is 0. The van der Waals surface area contributed by atoms with E-state index in [9.17, 15) is 0 Å². The zero-order valence-corrected chi connectivity index (χ0v) is 7.35. The van der Waals surface area contributed by atoms with Crippen molar-refractivity contribution in [3.8, 4) is 0 Å². The molecule has 0 amide bonds. The SMILES string of the molecule is CC(C)NC[C@H](C)C1CC1. The lowest BCUT2D eigenvalue weighted by molar-refractivity contribution is 0.437. The maximum Gasteiger partial charge on any atom is 0.00104 e. The summed E-state index contributed by atoms with van der Waals surface area (Å²) in [6.45, 7) is 7.98. The third-order valence-corrected chi connectivity index (χ3v) is 2.27. The van der Waals surface area contributed by atoms with E-state index in [1.807, 2.05) is 0 Å². The molecule has 1 atom stereocenters. The number of hydrogen-bond acceptors (Lipinski definition) is 1. The number of nitrogens with one attached hydrogen (secondary N) is 1. The first kappa shape index (κ1) is 8.06. The van der Waals surface area contributed by atoms with Crippen LogP contribution >= 0.6 is 0 Å². The van der Waals surface area contributed by atoms with Gasteiger partial charge < -0.3 is 5.32 Å². The van der Waals surface area contributed by atoms with Gasteiger partial charge in [0.05, 0.1) is 0 Å². The second-order valence-corrected chi connectivity index (χ2v) is 3.88. The molecule has 0 saturated heterocycles. The van der Waals surface area contributed by atoms with Crippen LogP contribution < -0.4 is 5.32 Å². The van der Waals surface area contributed by atoms with Gasteiger partial charge in [-0.2, -0.15) is 0 Å². The van der Waals surface area contributed by atoms with Crippen LogP contribution in [-0.2, 0) is 0 Å². The molecule has 10 heavy (non-hydrogen) atoms. The van der Waals surface area contributed by atoms with Crippen LogP contribution in [0.2, 0.25) is 0 Å². The highest BCUT2D eigenvalue weighted by Crippen LogP contribution is 2.36. The Morgan fingerprint density at radius 2 is 1.90 bits per heavy atom. The van der Waals surface area contributed by atoms with Crippen LogP contribution in [0.3, 0.4) is 0 Å². The molecule has 0 bridgehead atoms. The van der Waals surface area contributed by atoms with Gasteiger partial charge >= 0.3 is 0 Å². The van der Waals surface area contributed by atoms with E-state index in [1.165, 1.54) is 19.4 Å². The fourth-order valence-corrected chi connectivity index (χ4v) is 1.25. The summed E-state index contributed by atoms with van der Waals surface area (Å²) >= 11 is 0. The Labute approximate surface area is 64.2 Å². The lowest BCUT2D eigenvalue weighted by atomic mass is 10.1. The van der Waals surface area contributed by atoms with E-state index in [0.29, 0.717) is 6.04 Å². The van der Waals surface area contributed by atoms with Crippen molar-refractivity contribution >= 4 is 0 Å². The average Bonchev–Trinajstić information content (AvgIpc) is 2.63. The molecule has 0 unspecified atom stereocenters. The fourth-order valence-electron chi connectivity index (χ4n) is 1.25. The van der Waals surface area contributed by atoms with E-state index in [1.54, 1.807) is 0 Å². The smallest absolute Gasteiger partial charge is 0.00104 e. The Morgan fingerprint density at radius 1 is 1.30 bits per heavy atom. The zero-order chi connectivity index (χ0) is 7.56. The third kappa shape index (κ3) is 2.70. The molecule has 0 radical (unpaired) electrons. The summed E-state index contributed by atoms with van der Waals surface area (Å²) in [5.74, 6) is 1.95. The van der Waals surface area contributed by atoms with Crippen LogP contribution in [0.1, 0.15) is 33.6 Å². The van der Waals surface area contributed by atoms with Crippen molar-refractivity contribution in [1.82, 2.24) is 5.32 Å². The average molecular weight is 141 g/mol. The molecule has 1 rings (SSSR count). The van der Waals surface area contributed by atoms with Gasteiger partial charge in [-0.25, -0.2) is 0 Å². The van der Waals surface area contributed by atoms with Crippen molar-refractivity contribution < 1.29 is 0 Å². The molecule has 0 aromatic rings. The molecular weight excluding hydrogens is 122 g/mol. The number of rotatable bonds is 4. The highest BCUT2D eigenvalue weighted by Gasteiger charge is 2.27. The van der Waals surface area contributed by atoms with E-state index in [0.717, 1.165) is 11.8 Å². The van der Waals surface area contributed by atoms with Gasteiger partial charge in [-0.3, -0.25) is 0 Å². The molecule has 0 aliphatic heterocycles. The van der Waals surface area contributed by atoms with E-state index < -0.39 is 0 Å². The van der Waals surface area contributed by atoms with Crippen LogP contribution in [-0.4, -0.2) is 12.6 Å². The quantitative estimate of drug-likeness (QED) is 0.631. The Kier molecular flexibility index (Phi) is 2.72. The Balaban J connectivity index is 2.00. The standard InChI is InChI=1S/C9H19N/c1-7(2)10-6-8(3)9-4-5-9/h7-10H,4-6H2,1-3H3/t8-/m0/s1. The molecule has 60 valence electrons. The lowest BCUT2D eigenvalue weighted by Gasteiger charge is -2.13. The first-order valence-corrected chi connectivity index (χ1v) is 4.43. The first-order valence-electron chi connectivity index (χ1n) is 4.43. The largest absolute Gasteiger partial charge is 0.314 e. The Morgan fingerprint density at radius 3 is 2.30 bits per heavy atom. The van der Waals surface area contributed by atoms with Gasteiger partial charge in [0.15, 0.2) is 0 Å². The topological polar surface area (TPSA) is 12.0 Å². The van der Waals surface area contributed by atoms with Gasteiger partial charge in [0.1, 0.15) is 0 Å². The third-order valence-electron chi connectivity index (χ3n) is 2.27. The summed E-state index contributed by atoms with van der Waals surface area (Å²) in [7, 11) is 0. The summed E-state index contributed by atoms with van der Waals surface area (Å²) in [6, 6.07) is 0.654. The van der Waals surface area contributed by atoms with Crippen molar-refractivity contribution in [3.63, 3.8) is 0 Å². The minimum atomic E-state index is 0.654. The molecule has 1 aliphatic rings. The minimum absolute atomic E-state index is 0.654. The van der Waals surface area contributed by atoms with Gasteiger partial charge in [0.2, 0.25) is 0 Å². The Bertz CT molecular complexity index is 94.9. The second-order valence-electron chi connectivity index (χ2n) is 3.88. The molecule has 1 nitrogen and oxygen atoms in total. The molecule has 1 fully saturated rings.